The summed E-state index contributed by atoms with van der Waals surface area (Å²) in [5.41, 5.74) is -0.831. The van der Waals surface area contributed by atoms with E-state index in [1.165, 1.54) is 24.4 Å². The third-order valence-corrected chi connectivity index (χ3v) is 4.41. The number of carbonyl (C=O) groups is 1. The van der Waals surface area contributed by atoms with Gasteiger partial charge in [0.15, 0.2) is 11.5 Å². The Labute approximate surface area is 171 Å². The highest BCUT2D eigenvalue weighted by Gasteiger charge is 2.35. The molecule has 1 amide bonds. The molecule has 2 aromatic heterocycles. The maximum Gasteiger partial charge on any atom is 0.420 e. The molecule has 0 aliphatic rings. The quantitative estimate of drug-likeness (QED) is 0.568. The minimum absolute atomic E-state index is 0.0919. The van der Waals surface area contributed by atoms with Crippen molar-refractivity contribution < 1.29 is 18.0 Å². The van der Waals surface area contributed by atoms with Crippen molar-refractivity contribution in [1.29, 1.82) is 0 Å². The number of carbonyl (C=O) groups excluding carboxylic acids is 1. The van der Waals surface area contributed by atoms with Crippen molar-refractivity contribution in [2.75, 3.05) is 0 Å². The van der Waals surface area contributed by atoms with Crippen LogP contribution in [0.5, 0.6) is 0 Å². The number of fused-ring (bicyclic) bond motifs is 1. The van der Waals surface area contributed by atoms with Gasteiger partial charge in [-0.3, -0.25) is 9.20 Å². The van der Waals surface area contributed by atoms with Crippen LogP contribution in [-0.4, -0.2) is 20.5 Å². The second-order valence-electron chi connectivity index (χ2n) is 5.60. The second-order valence-corrected chi connectivity index (χ2v) is 6.88. The molecule has 0 radical (unpaired) electrons. The molecule has 28 heavy (non-hydrogen) atoms. The fourth-order valence-electron chi connectivity index (χ4n) is 2.36. The van der Waals surface area contributed by atoms with Gasteiger partial charge in [-0.2, -0.15) is 13.2 Å². The Kier molecular flexibility index (Phi) is 5.83. The topological polar surface area (TPSA) is 59.3 Å². The summed E-state index contributed by atoms with van der Waals surface area (Å²) in [6.45, 7) is -0.156. The summed E-state index contributed by atoms with van der Waals surface area (Å²) in [5.74, 6) is -0.407. The summed E-state index contributed by atoms with van der Waals surface area (Å²) in [7, 11) is 0. The fraction of sp³-hybridized carbons (Fsp3) is 0.118. The highest BCUT2D eigenvalue weighted by Crippen LogP contribution is 2.33. The van der Waals surface area contributed by atoms with Crippen molar-refractivity contribution in [3.63, 3.8) is 0 Å². The Hall–Kier alpha value is -2.29. The van der Waals surface area contributed by atoms with Crippen molar-refractivity contribution in [2.24, 2.45) is 0 Å². The Morgan fingerprint density at radius 2 is 1.89 bits per heavy atom. The molecule has 1 N–H and O–H groups in total. The van der Waals surface area contributed by atoms with E-state index in [4.69, 9.17) is 34.8 Å². The molecule has 146 valence electrons. The molecule has 2 heterocycles. The zero-order chi connectivity index (χ0) is 20.5. The first kappa shape index (κ1) is 20.4. The SMILES string of the molecule is O=C(C=Cc1ccc(Cl)cc1Cl)NCc1nnc2c(C(F)(F)F)cc(Cl)cn12. The molecule has 0 aliphatic heterocycles. The Morgan fingerprint density at radius 3 is 2.57 bits per heavy atom. The molecule has 0 unspecified atom stereocenters. The molecule has 5 nitrogen and oxygen atoms in total. The van der Waals surface area contributed by atoms with Crippen LogP contribution in [0.4, 0.5) is 13.2 Å². The molecule has 0 fully saturated rings. The summed E-state index contributed by atoms with van der Waals surface area (Å²) < 4.78 is 40.4. The standard InChI is InChI=1S/C17H10Cl3F3N4O/c18-10-3-1-9(13(20)6-10)2-4-15(28)24-7-14-25-26-16-12(17(21,22)23)5-11(19)8-27(14)16/h1-6,8H,7H2,(H,24,28). The number of halogens is 6. The van der Waals surface area contributed by atoms with E-state index in [-0.39, 0.29) is 17.4 Å². The number of amides is 1. The van der Waals surface area contributed by atoms with E-state index < -0.39 is 23.3 Å². The Bertz CT molecular complexity index is 1080. The van der Waals surface area contributed by atoms with Gasteiger partial charge in [0, 0.05) is 22.3 Å². The predicted molar refractivity (Wildman–Crippen MR) is 100 cm³/mol. The molecule has 11 heteroatoms. The van der Waals surface area contributed by atoms with Crippen LogP contribution in [-0.2, 0) is 17.5 Å². The number of pyridine rings is 1. The van der Waals surface area contributed by atoms with Crippen LogP contribution in [0.25, 0.3) is 11.7 Å². The molecular weight excluding hydrogens is 440 g/mol. The molecule has 1 aromatic carbocycles. The normalized spacial score (nSPS) is 12.1. The first-order valence-corrected chi connectivity index (χ1v) is 8.80. The average molecular weight is 450 g/mol. The van der Waals surface area contributed by atoms with E-state index in [0.29, 0.717) is 15.6 Å². The molecule has 0 spiro atoms. The zero-order valence-electron chi connectivity index (χ0n) is 13.8. The lowest BCUT2D eigenvalue weighted by atomic mass is 10.2. The monoisotopic (exact) mass is 448 g/mol. The highest BCUT2D eigenvalue weighted by atomic mass is 35.5. The third kappa shape index (κ3) is 4.57. The van der Waals surface area contributed by atoms with Crippen molar-refractivity contribution in [3.8, 4) is 0 Å². The first-order valence-electron chi connectivity index (χ1n) is 7.66. The van der Waals surface area contributed by atoms with Crippen molar-refractivity contribution in [1.82, 2.24) is 19.9 Å². The Morgan fingerprint density at radius 1 is 1.14 bits per heavy atom. The van der Waals surface area contributed by atoms with E-state index in [1.807, 2.05) is 0 Å². The highest BCUT2D eigenvalue weighted by molar-refractivity contribution is 6.35. The Balaban J connectivity index is 1.76. The van der Waals surface area contributed by atoms with E-state index in [1.54, 1.807) is 12.1 Å². The predicted octanol–water partition coefficient (Wildman–Crippen LogP) is 5.04. The van der Waals surface area contributed by atoms with Gasteiger partial charge in [-0.05, 0) is 29.8 Å². The number of hydrogen-bond donors (Lipinski definition) is 1. The van der Waals surface area contributed by atoms with E-state index in [2.05, 4.69) is 15.5 Å². The number of rotatable bonds is 4. The number of aromatic nitrogens is 3. The summed E-state index contributed by atoms with van der Waals surface area (Å²) in [4.78, 5) is 12.0. The van der Waals surface area contributed by atoms with Crippen molar-refractivity contribution in [3.05, 3.63) is 68.6 Å². The number of hydrogen-bond acceptors (Lipinski definition) is 3. The maximum absolute atomic E-state index is 13.1. The van der Waals surface area contributed by atoms with Gasteiger partial charge in [-0.15, -0.1) is 10.2 Å². The summed E-state index contributed by atoms with van der Waals surface area (Å²) in [6, 6.07) is 5.56. The van der Waals surface area contributed by atoms with Gasteiger partial charge < -0.3 is 5.32 Å². The lowest BCUT2D eigenvalue weighted by Gasteiger charge is -2.09. The number of nitrogens with zero attached hydrogens (tertiary/aromatic N) is 3. The van der Waals surface area contributed by atoms with Gasteiger partial charge in [0.2, 0.25) is 5.91 Å². The van der Waals surface area contributed by atoms with Gasteiger partial charge >= 0.3 is 6.18 Å². The minimum atomic E-state index is -4.64. The molecule has 0 atom stereocenters. The van der Waals surface area contributed by atoms with Gasteiger partial charge in [-0.25, -0.2) is 0 Å². The van der Waals surface area contributed by atoms with E-state index in [0.717, 1.165) is 10.5 Å². The van der Waals surface area contributed by atoms with Gasteiger partial charge in [0.1, 0.15) is 5.56 Å². The zero-order valence-corrected chi connectivity index (χ0v) is 16.0. The van der Waals surface area contributed by atoms with Crippen LogP contribution in [0.2, 0.25) is 15.1 Å². The summed E-state index contributed by atoms with van der Waals surface area (Å²) >= 11 is 17.6. The molecular formula is C17H10Cl3F3N4O. The second kappa shape index (κ2) is 7.98. The van der Waals surface area contributed by atoms with Crippen LogP contribution in [0.15, 0.2) is 36.5 Å². The number of alkyl halides is 3. The van der Waals surface area contributed by atoms with E-state index >= 15 is 0 Å². The van der Waals surface area contributed by atoms with Crippen LogP contribution < -0.4 is 5.32 Å². The largest absolute Gasteiger partial charge is 0.420 e. The van der Waals surface area contributed by atoms with Crippen molar-refractivity contribution >= 4 is 52.4 Å². The van der Waals surface area contributed by atoms with Crippen LogP contribution in [0, 0.1) is 0 Å². The maximum atomic E-state index is 13.1. The van der Waals surface area contributed by atoms with Crippen LogP contribution in [0.3, 0.4) is 0 Å². The lowest BCUT2D eigenvalue weighted by molar-refractivity contribution is -0.136. The van der Waals surface area contributed by atoms with Gasteiger partial charge in [-0.1, -0.05) is 40.9 Å². The molecule has 0 aliphatic carbocycles. The number of nitrogens with one attached hydrogen (secondary N) is 1. The van der Waals surface area contributed by atoms with Crippen molar-refractivity contribution in [2.45, 2.75) is 12.7 Å². The molecule has 0 saturated carbocycles. The van der Waals surface area contributed by atoms with Gasteiger partial charge in [0.05, 0.1) is 11.6 Å². The lowest BCUT2D eigenvalue weighted by Crippen LogP contribution is -2.21. The third-order valence-electron chi connectivity index (χ3n) is 3.64. The van der Waals surface area contributed by atoms with Gasteiger partial charge in [0.25, 0.3) is 0 Å². The fourth-order valence-corrected chi connectivity index (χ4v) is 3.04. The smallest absolute Gasteiger partial charge is 0.345 e. The molecule has 3 aromatic rings. The molecule has 3 rings (SSSR count). The average Bonchev–Trinajstić information content (AvgIpc) is 3.00. The number of benzene rings is 1. The molecule has 0 bridgehead atoms. The molecule has 0 saturated heterocycles. The van der Waals surface area contributed by atoms with Crippen LogP contribution >= 0.6 is 34.8 Å². The summed E-state index contributed by atoms with van der Waals surface area (Å²) in [6.07, 6.45) is -0.682. The van der Waals surface area contributed by atoms with E-state index in [9.17, 15) is 18.0 Å². The summed E-state index contributed by atoms with van der Waals surface area (Å²) in [5, 5.41) is 10.5. The first-order chi connectivity index (χ1) is 13.1. The van der Waals surface area contributed by atoms with Crippen LogP contribution in [0.1, 0.15) is 17.0 Å². The minimum Gasteiger partial charge on any atom is -0.345 e.